The molecule has 5 heteroatoms. The van der Waals surface area contributed by atoms with Gasteiger partial charge < -0.3 is 15.6 Å². The number of carbonyl (C=O) groups is 1. The summed E-state index contributed by atoms with van der Waals surface area (Å²) in [6, 6.07) is 6.90. The van der Waals surface area contributed by atoms with Crippen molar-refractivity contribution in [2.24, 2.45) is 5.92 Å². The van der Waals surface area contributed by atoms with Crippen LogP contribution >= 0.6 is 12.4 Å². The summed E-state index contributed by atoms with van der Waals surface area (Å²) in [5, 5.41) is 7.80. The van der Waals surface area contributed by atoms with Crippen LogP contribution in [0.25, 0.3) is 10.9 Å². The predicted molar refractivity (Wildman–Crippen MR) is 102 cm³/mol. The van der Waals surface area contributed by atoms with Crippen LogP contribution in [0.15, 0.2) is 24.4 Å². The molecule has 2 heterocycles. The number of amides is 1. The number of benzene rings is 1. The van der Waals surface area contributed by atoms with Crippen LogP contribution in [-0.2, 0) is 17.6 Å². The number of fused-ring (bicyclic) bond motifs is 1. The second-order valence-corrected chi connectivity index (χ2v) is 6.62. The third kappa shape index (κ3) is 4.11. The van der Waals surface area contributed by atoms with Gasteiger partial charge >= 0.3 is 0 Å². The fourth-order valence-corrected chi connectivity index (χ4v) is 3.61. The van der Waals surface area contributed by atoms with Gasteiger partial charge in [-0.25, -0.2) is 0 Å². The highest BCUT2D eigenvalue weighted by Gasteiger charge is 2.24. The van der Waals surface area contributed by atoms with Gasteiger partial charge in [-0.05, 0) is 50.3 Å². The number of hydrogen-bond donors (Lipinski definition) is 3. The molecule has 1 aliphatic rings. The Bertz CT molecular complexity index is 682. The Morgan fingerprint density at radius 2 is 2.17 bits per heavy atom. The van der Waals surface area contributed by atoms with Crippen LogP contribution in [0.5, 0.6) is 0 Å². The molecule has 4 nitrogen and oxygen atoms in total. The molecule has 2 atom stereocenters. The van der Waals surface area contributed by atoms with E-state index in [-0.39, 0.29) is 24.2 Å². The van der Waals surface area contributed by atoms with Gasteiger partial charge in [0.25, 0.3) is 0 Å². The van der Waals surface area contributed by atoms with Crippen LogP contribution in [0, 0.1) is 5.92 Å². The molecule has 1 fully saturated rings. The van der Waals surface area contributed by atoms with Crippen molar-refractivity contribution in [1.29, 1.82) is 0 Å². The summed E-state index contributed by atoms with van der Waals surface area (Å²) in [7, 11) is 0. The van der Waals surface area contributed by atoms with E-state index in [4.69, 9.17) is 0 Å². The second kappa shape index (κ2) is 8.54. The van der Waals surface area contributed by atoms with Gasteiger partial charge in [0.05, 0.1) is 0 Å². The third-order valence-electron chi connectivity index (χ3n) is 4.96. The molecule has 1 saturated heterocycles. The number of hydrogen-bond acceptors (Lipinski definition) is 2. The van der Waals surface area contributed by atoms with Gasteiger partial charge in [0.1, 0.15) is 0 Å². The van der Waals surface area contributed by atoms with Crippen molar-refractivity contribution in [3.8, 4) is 0 Å². The lowest BCUT2D eigenvalue weighted by Gasteiger charge is -2.27. The van der Waals surface area contributed by atoms with E-state index in [0.29, 0.717) is 12.6 Å². The molecule has 2 aromatic rings. The molecule has 1 aromatic carbocycles. The highest BCUT2D eigenvalue weighted by atomic mass is 35.5. The summed E-state index contributed by atoms with van der Waals surface area (Å²) in [5.74, 6) is 0.383. The minimum atomic E-state index is 0. The number of carbonyl (C=O) groups excluding carboxylic acids is 1. The molecule has 3 rings (SSSR count). The minimum absolute atomic E-state index is 0. The topological polar surface area (TPSA) is 56.9 Å². The lowest BCUT2D eigenvalue weighted by molar-refractivity contribution is -0.126. The van der Waals surface area contributed by atoms with Gasteiger partial charge in [0.2, 0.25) is 5.91 Å². The summed E-state index contributed by atoms with van der Waals surface area (Å²) < 4.78 is 0. The van der Waals surface area contributed by atoms with Gasteiger partial charge in [0, 0.05) is 35.6 Å². The molecule has 0 spiro atoms. The number of nitrogens with one attached hydrogen (secondary N) is 3. The normalized spacial score (nSPS) is 20.6. The SMILES string of the molecule is CCc1cccc2c(CCNC(=O)[C@H]3CCN[C@@H](C)C3)c[nH]c12.Cl. The van der Waals surface area contributed by atoms with Crippen LogP contribution in [-0.4, -0.2) is 30.0 Å². The molecule has 0 radical (unpaired) electrons. The monoisotopic (exact) mass is 349 g/mol. The first kappa shape index (κ1) is 18.8. The average Bonchev–Trinajstić information content (AvgIpc) is 2.98. The zero-order valence-corrected chi connectivity index (χ0v) is 15.3. The first-order valence-electron chi connectivity index (χ1n) is 8.78. The van der Waals surface area contributed by atoms with E-state index in [1.54, 1.807) is 0 Å². The minimum Gasteiger partial charge on any atom is -0.361 e. The average molecular weight is 350 g/mol. The number of piperidine rings is 1. The van der Waals surface area contributed by atoms with Crippen molar-refractivity contribution < 1.29 is 4.79 Å². The summed E-state index contributed by atoms with van der Waals surface area (Å²) in [6.45, 7) is 5.98. The first-order valence-corrected chi connectivity index (χ1v) is 8.78. The Morgan fingerprint density at radius 1 is 1.33 bits per heavy atom. The van der Waals surface area contributed by atoms with E-state index < -0.39 is 0 Å². The Hall–Kier alpha value is -1.52. The van der Waals surface area contributed by atoms with Crippen LogP contribution < -0.4 is 10.6 Å². The third-order valence-corrected chi connectivity index (χ3v) is 4.96. The van der Waals surface area contributed by atoms with Crippen molar-refractivity contribution in [3.63, 3.8) is 0 Å². The van der Waals surface area contributed by atoms with Crippen LogP contribution in [0.1, 0.15) is 37.8 Å². The molecule has 1 aromatic heterocycles. The highest BCUT2D eigenvalue weighted by Crippen LogP contribution is 2.22. The van der Waals surface area contributed by atoms with Crippen molar-refractivity contribution in [2.45, 2.75) is 45.6 Å². The molecular weight excluding hydrogens is 322 g/mol. The standard InChI is InChI=1S/C19H27N3O.ClH/c1-3-14-5-4-6-17-16(12-22-18(14)17)8-10-21-19(23)15-7-9-20-13(2)11-15;/h4-6,12-13,15,20,22H,3,7-11H2,1-2H3,(H,21,23);1H/t13-,15-;/m0./s1. The molecule has 0 unspecified atom stereocenters. The molecule has 24 heavy (non-hydrogen) atoms. The number of aromatic amines is 1. The first-order chi connectivity index (χ1) is 11.2. The van der Waals surface area contributed by atoms with Gasteiger partial charge in [-0.1, -0.05) is 25.1 Å². The lowest BCUT2D eigenvalue weighted by atomic mass is 9.92. The fraction of sp³-hybridized carbons (Fsp3) is 0.526. The van der Waals surface area contributed by atoms with Gasteiger partial charge in [-0.3, -0.25) is 4.79 Å². The van der Waals surface area contributed by atoms with E-state index in [2.05, 4.69) is 53.9 Å². The number of aromatic nitrogens is 1. The molecule has 132 valence electrons. The molecule has 0 aliphatic carbocycles. The molecule has 0 saturated carbocycles. The number of H-pyrrole nitrogens is 1. The lowest BCUT2D eigenvalue weighted by Crippen LogP contribution is -2.42. The van der Waals surface area contributed by atoms with Crippen LogP contribution in [0.4, 0.5) is 0 Å². The maximum absolute atomic E-state index is 12.3. The zero-order chi connectivity index (χ0) is 16.2. The van der Waals surface area contributed by atoms with Gasteiger partial charge in [-0.15, -0.1) is 12.4 Å². The fourth-order valence-electron chi connectivity index (χ4n) is 3.61. The Morgan fingerprint density at radius 3 is 2.92 bits per heavy atom. The van der Waals surface area contributed by atoms with Crippen LogP contribution in [0.2, 0.25) is 0 Å². The van der Waals surface area contributed by atoms with E-state index >= 15 is 0 Å². The van der Waals surface area contributed by atoms with Crippen molar-refractivity contribution in [2.75, 3.05) is 13.1 Å². The molecule has 1 amide bonds. The molecule has 0 bridgehead atoms. The predicted octanol–water partition coefficient (Wildman–Crippen LogP) is 3.20. The largest absolute Gasteiger partial charge is 0.361 e. The summed E-state index contributed by atoms with van der Waals surface area (Å²) in [6.07, 6.45) is 5.88. The molecular formula is C19H28ClN3O. The van der Waals surface area contributed by atoms with Crippen molar-refractivity contribution in [3.05, 3.63) is 35.5 Å². The van der Waals surface area contributed by atoms with E-state index in [0.717, 1.165) is 32.2 Å². The van der Waals surface area contributed by atoms with Gasteiger partial charge in [-0.2, -0.15) is 0 Å². The van der Waals surface area contributed by atoms with E-state index in [1.807, 2.05) is 0 Å². The van der Waals surface area contributed by atoms with Crippen molar-refractivity contribution in [1.82, 2.24) is 15.6 Å². The maximum atomic E-state index is 12.3. The van der Waals surface area contributed by atoms with E-state index in [9.17, 15) is 4.79 Å². The van der Waals surface area contributed by atoms with E-state index in [1.165, 1.54) is 22.0 Å². The zero-order valence-electron chi connectivity index (χ0n) is 14.5. The Balaban J connectivity index is 0.00000208. The number of para-hydroxylation sites is 1. The molecule has 3 N–H and O–H groups in total. The highest BCUT2D eigenvalue weighted by molar-refractivity contribution is 5.86. The Labute approximate surface area is 150 Å². The molecule has 1 aliphatic heterocycles. The summed E-state index contributed by atoms with van der Waals surface area (Å²) >= 11 is 0. The number of rotatable bonds is 5. The number of halogens is 1. The van der Waals surface area contributed by atoms with Crippen LogP contribution in [0.3, 0.4) is 0 Å². The maximum Gasteiger partial charge on any atom is 0.223 e. The Kier molecular flexibility index (Phi) is 6.69. The van der Waals surface area contributed by atoms with Gasteiger partial charge in [0.15, 0.2) is 0 Å². The quantitative estimate of drug-likeness (QED) is 0.776. The second-order valence-electron chi connectivity index (χ2n) is 6.62. The van der Waals surface area contributed by atoms with Crippen molar-refractivity contribution >= 4 is 29.2 Å². The summed E-state index contributed by atoms with van der Waals surface area (Å²) in [4.78, 5) is 15.7. The summed E-state index contributed by atoms with van der Waals surface area (Å²) in [5.41, 5.74) is 3.87. The number of aryl methyl sites for hydroxylation is 1. The smallest absolute Gasteiger partial charge is 0.223 e.